The maximum atomic E-state index is 14.4. The third-order valence-corrected chi connectivity index (χ3v) is 8.14. The number of halogens is 2. The molecule has 3 aromatic carbocycles. The number of benzene rings is 3. The molecule has 226 valence electrons. The van der Waals surface area contributed by atoms with E-state index in [1.165, 1.54) is 9.47 Å². The summed E-state index contributed by atoms with van der Waals surface area (Å²) in [5.74, 6) is -0.886. The topological polar surface area (TPSA) is 84.7 Å². The summed E-state index contributed by atoms with van der Waals surface area (Å²) in [6, 6.07) is 21.3. The molecule has 1 amide bonds. The first-order valence-corrected chi connectivity index (χ1v) is 15.4. The van der Waals surface area contributed by atoms with Gasteiger partial charge in [-0.05, 0) is 88.4 Å². The molecule has 0 spiro atoms. The van der Waals surface area contributed by atoms with E-state index in [9.17, 15) is 14.4 Å². The van der Waals surface area contributed by atoms with Crippen LogP contribution < -0.4 is 5.56 Å². The summed E-state index contributed by atoms with van der Waals surface area (Å²) in [6.07, 6.45) is 0.683. The molecule has 43 heavy (non-hydrogen) atoms. The molecule has 10 heteroatoms. The van der Waals surface area contributed by atoms with Crippen LogP contribution in [-0.2, 0) is 21.6 Å². The van der Waals surface area contributed by atoms with Crippen LogP contribution in [0, 0.1) is 0 Å². The fraction of sp³-hybridized carbons (Fsp3) is 0.333. The summed E-state index contributed by atoms with van der Waals surface area (Å²) < 4.78 is 8.03. The second kappa shape index (κ2) is 14.3. The molecule has 0 fully saturated rings. The van der Waals surface area contributed by atoms with Crippen LogP contribution >= 0.6 is 27.5 Å². The highest BCUT2D eigenvalue weighted by Gasteiger charge is 2.51. The van der Waals surface area contributed by atoms with Gasteiger partial charge in [-0.1, -0.05) is 64.8 Å². The molecule has 1 heterocycles. The third kappa shape index (κ3) is 7.00. The summed E-state index contributed by atoms with van der Waals surface area (Å²) in [5.41, 5.74) is -0.490. The van der Waals surface area contributed by atoms with Gasteiger partial charge in [-0.15, -0.1) is 0 Å². The van der Waals surface area contributed by atoms with Gasteiger partial charge in [-0.2, -0.15) is 0 Å². The molecule has 8 nitrogen and oxygen atoms in total. The van der Waals surface area contributed by atoms with E-state index in [1.54, 1.807) is 49.4 Å². The highest BCUT2D eigenvalue weighted by molar-refractivity contribution is 9.10. The molecule has 1 unspecified atom stereocenters. The molecule has 4 rings (SSSR count). The molecular weight excluding hydrogens is 632 g/mol. The number of fused-ring (bicyclic) bond motifs is 1. The van der Waals surface area contributed by atoms with Crippen LogP contribution in [-0.4, -0.2) is 65.0 Å². The Morgan fingerprint density at radius 2 is 1.70 bits per heavy atom. The van der Waals surface area contributed by atoms with Crippen molar-refractivity contribution in [2.75, 3.05) is 33.8 Å². The number of ether oxygens (including phenoxy) is 1. The predicted molar refractivity (Wildman–Crippen MR) is 174 cm³/mol. The zero-order valence-electron chi connectivity index (χ0n) is 24.8. The van der Waals surface area contributed by atoms with Crippen molar-refractivity contribution in [2.45, 2.75) is 38.8 Å². The Morgan fingerprint density at radius 3 is 2.33 bits per heavy atom. The molecule has 0 saturated carbocycles. The fourth-order valence-electron chi connectivity index (χ4n) is 5.25. The smallest absolute Gasteiger partial charge is 0.340 e. The molecule has 4 aromatic rings. The normalized spacial score (nSPS) is 12.7. The van der Waals surface area contributed by atoms with Crippen LogP contribution in [0.15, 0.2) is 82.1 Å². The molecular formula is C33H36BrClN4O4. The third-order valence-electron chi connectivity index (χ3n) is 7.38. The predicted octanol–water partition coefficient (Wildman–Crippen LogP) is 6.12. The first-order chi connectivity index (χ1) is 20.6. The highest BCUT2D eigenvalue weighted by Crippen LogP contribution is 2.36. The van der Waals surface area contributed by atoms with Gasteiger partial charge < -0.3 is 14.5 Å². The summed E-state index contributed by atoms with van der Waals surface area (Å²) in [5, 5.41) is 0.759. The Bertz CT molecular complexity index is 1640. The molecule has 1 atom stereocenters. The van der Waals surface area contributed by atoms with E-state index in [-0.39, 0.29) is 43.4 Å². The second-order valence-corrected chi connectivity index (χ2v) is 11.9. The van der Waals surface area contributed by atoms with E-state index >= 15 is 0 Å². The van der Waals surface area contributed by atoms with E-state index in [1.807, 2.05) is 56.3 Å². The van der Waals surface area contributed by atoms with Crippen LogP contribution in [0.4, 0.5) is 0 Å². The lowest BCUT2D eigenvalue weighted by atomic mass is 9.90. The standard InChI is InChI=1S/C33H36BrClN4O4/c1-5-33(32(42)43-6-2,39(20-10-19-37(3)4)29(40)24-13-15-25(34)16-14-24)31-36-28-21-26(35)17-18-27(28)30(41)38(31)22-23-11-8-7-9-12-23/h7-9,11-18,21H,5-6,10,19-20,22H2,1-4H3. The molecule has 0 radical (unpaired) electrons. The first kappa shape index (κ1) is 32.4. The second-order valence-electron chi connectivity index (χ2n) is 10.5. The molecule has 0 aliphatic rings. The minimum atomic E-state index is -1.73. The van der Waals surface area contributed by atoms with Gasteiger partial charge in [0.2, 0.25) is 0 Å². The van der Waals surface area contributed by atoms with Crippen LogP contribution in [0.1, 0.15) is 48.4 Å². The fourth-order valence-corrected chi connectivity index (χ4v) is 5.68. The minimum absolute atomic E-state index is 0.0842. The van der Waals surface area contributed by atoms with Crippen molar-refractivity contribution in [3.05, 3.63) is 110 Å². The number of rotatable bonds is 12. The Hall–Kier alpha value is -3.53. The van der Waals surface area contributed by atoms with Gasteiger partial charge in [0.15, 0.2) is 5.54 Å². The lowest BCUT2D eigenvalue weighted by Gasteiger charge is -2.42. The minimum Gasteiger partial charge on any atom is -0.464 e. The number of nitrogens with zero attached hydrogens (tertiary/aromatic N) is 4. The lowest BCUT2D eigenvalue weighted by molar-refractivity contribution is -0.158. The Kier molecular flexibility index (Phi) is 10.8. The number of esters is 1. The number of carbonyl (C=O) groups is 2. The van der Waals surface area contributed by atoms with Crippen molar-refractivity contribution in [2.24, 2.45) is 0 Å². The molecule has 0 bridgehead atoms. The SMILES string of the molecule is CCOC(=O)C(CC)(c1nc2cc(Cl)ccc2c(=O)n1Cc1ccccc1)N(CCCN(C)C)C(=O)c1ccc(Br)cc1. The van der Waals surface area contributed by atoms with E-state index in [2.05, 4.69) is 15.9 Å². The summed E-state index contributed by atoms with van der Waals surface area (Å²) in [7, 11) is 3.90. The summed E-state index contributed by atoms with van der Waals surface area (Å²) in [4.78, 5) is 51.5. The van der Waals surface area contributed by atoms with E-state index in [0.29, 0.717) is 34.5 Å². The van der Waals surface area contributed by atoms with Crippen molar-refractivity contribution < 1.29 is 14.3 Å². The largest absolute Gasteiger partial charge is 0.464 e. The van der Waals surface area contributed by atoms with Crippen molar-refractivity contribution in [3.63, 3.8) is 0 Å². The van der Waals surface area contributed by atoms with E-state index < -0.39 is 11.5 Å². The van der Waals surface area contributed by atoms with Crippen molar-refractivity contribution in [3.8, 4) is 0 Å². The number of amides is 1. The Morgan fingerprint density at radius 1 is 1.00 bits per heavy atom. The van der Waals surface area contributed by atoms with Gasteiger partial charge >= 0.3 is 5.97 Å². The number of carbonyl (C=O) groups excluding carboxylic acids is 2. The van der Waals surface area contributed by atoms with Gasteiger partial charge in [-0.3, -0.25) is 14.2 Å². The van der Waals surface area contributed by atoms with Gasteiger partial charge in [0.1, 0.15) is 5.82 Å². The average Bonchev–Trinajstić information content (AvgIpc) is 2.99. The van der Waals surface area contributed by atoms with Crippen LogP contribution in [0.3, 0.4) is 0 Å². The molecule has 0 saturated heterocycles. The highest BCUT2D eigenvalue weighted by atomic mass is 79.9. The van der Waals surface area contributed by atoms with Gasteiger partial charge in [0, 0.05) is 21.6 Å². The van der Waals surface area contributed by atoms with Gasteiger partial charge in [-0.25, -0.2) is 9.78 Å². The lowest BCUT2D eigenvalue weighted by Crippen LogP contribution is -2.58. The van der Waals surface area contributed by atoms with Crippen molar-refractivity contribution in [1.82, 2.24) is 19.4 Å². The van der Waals surface area contributed by atoms with E-state index in [0.717, 1.165) is 10.0 Å². The van der Waals surface area contributed by atoms with Crippen LogP contribution in [0.25, 0.3) is 10.9 Å². The average molecular weight is 668 g/mol. The monoisotopic (exact) mass is 666 g/mol. The number of hydrogen-bond acceptors (Lipinski definition) is 6. The van der Waals surface area contributed by atoms with Crippen LogP contribution in [0.2, 0.25) is 5.02 Å². The number of aromatic nitrogens is 2. The zero-order chi connectivity index (χ0) is 31.1. The van der Waals surface area contributed by atoms with E-state index in [4.69, 9.17) is 21.3 Å². The van der Waals surface area contributed by atoms with Crippen LogP contribution in [0.5, 0.6) is 0 Å². The van der Waals surface area contributed by atoms with Crippen molar-refractivity contribution in [1.29, 1.82) is 0 Å². The van der Waals surface area contributed by atoms with Gasteiger partial charge in [0.25, 0.3) is 11.5 Å². The first-order valence-electron chi connectivity index (χ1n) is 14.3. The van der Waals surface area contributed by atoms with Gasteiger partial charge in [0.05, 0.1) is 24.1 Å². The maximum absolute atomic E-state index is 14.4. The summed E-state index contributed by atoms with van der Waals surface area (Å²) in [6.45, 7) is 4.64. The maximum Gasteiger partial charge on any atom is 0.340 e. The molecule has 0 aliphatic heterocycles. The quantitative estimate of drug-likeness (QED) is 0.169. The molecule has 1 aromatic heterocycles. The Balaban J connectivity index is 2.06. The molecule has 0 N–H and O–H groups in total. The Labute approximate surface area is 265 Å². The molecule has 0 aliphatic carbocycles. The van der Waals surface area contributed by atoms with Crippen molar-refractivity contribution >= 4 is 50.3 Å². The summed E-state index contributed by atoms with van der Waals surface area (Å²) >= 11 is 9.78. The zero-order valence-corrected chi connectivity index (χ0v) is 27.2. The number of hydrogen-bond donors (Lipinski definition) is 0.